The van der Waals surface area contributed by atoms with Crippen LogP contribution in [-0.4, -0.2) is 9.97 Å². The first-order valence-electron chi connectivity index (χ1n) is 6.15. The standard InChI is InChI=1S/C15H11ClN2O/c16-12-2-1-3-13-14(12)18-15(17-13)9-4-5-10-7-19-8-11(10)6-9/h1-6H,7-8H2,(H,17,18). The summed E-state index contributed by atoms with van der Waals surface area (Å²) in [5, 5.41) is 0.671. The van der Waals surface area contributed by atoms with Crippen LogP contribution in [0.25, 0.3) is 22.4 Å². The summed E-state index contributed by atoms with van der Waals surface area (Å²) < 4.78 is 5.43. The van der Waals surface area contributed by atoms with Crippen molar-refractivity contribution in [2.24, 2.45) is 0 Å². The molecule has 4 heteroatoms. The number of halogens is 1. The van der Waals surface area contributed by atoms with Gasteiger partial charge in [0, 0.05) is 5.56 Å². The summed E-state index contributed by atoms with van der Waals surface area (Å²) in [7, 11) is 0. The summed E-state index contributed by atoms with van der Waals surface area (Å²) in [6.45, 7) is 1.39. The number of rotatable bonds is 1. The van der Waals surface area contributed by atoms with E-state index in [-0.39, 0.29) is 0 Å². The molecule has 0 atom stereocenters. The summed E-state index contributed by atoms with van der Waals surface area (Å²) in [5.41, 5.74) is 5.34. The summed E-state index contributed by atoms with van der Waals surface area (Å²) in [4.78, 5) is 7.89. The molecule has 0 saturated carbocycles. The Hall–Kier alpha value is -1.84. The Bertz CT molecular complexity index is 779. The van der Waals surface area contributed by atoms with Gasteiger partial charge >= 0.3 is 0 Å². The third-order valence-electron chi connectivity index (χ3n) is 3.46. The quantitative estimate of drug-likeness (QED) is 0.728. The number of hydrogen-bond acceptors (Lipinski definition) is 2. The molecule has 2 aromatic carbocycles. The average Bonchev–Trinajstić information content (AvgIpc) is 3.04. The third-order valence-corrected chi connectivity index (χ3v) is 3.76. The van der Waals surface area contributed by atoms with Crippen molar-refractivity contribution in [2.75, 3.05) is 0 Å². The first-order valence-corrected chi connectivity index (χ1v) is 6.53. The monoisotopic (exact) mass is 270 g/mol. The summed E-state index contributed by atoms with van der Waals surface area (Å²) in [6, 6.07) is 12.1. The lowest BCUT2D eigenvalue weighted by molar-refractivity contribution is 0.134. The maximum atomic E-state index is 6.15. The lowest BCUT2D eigenvalue weighted by Crippen LogP contribution is -1.86. The number of nitrogens with zero attached hydrogens (tertiary/aromatic N) is 1. The molecule has 1 aromatic heterocycles. The van der Waals surface area contributed by atoms with Crippen molar-refractivity contribution in [1.29, 1.82) is 0 Å². The Morgan fingerprint density at radius 2 is 2.00 bits per heavy atom. The number of ether oxygens (including phenoxy) is 1. The SMILES string of the molecule is Clc1cccc2[nH]c(-c3ccc4c(c3)COC4)nc12. The van der Waals surface area contributed by atoms with E-state index in [0.29, 0.717) is 18.2 Å². The lowest BCUT2D eigenvalue weighted by Gasteiger charge is -2.00. The fourth-order valence-corrected chi connectivity index (χ4v) is 2.67. The summed E-state index contributed by atoms with van der Waals surface area (Å²) in [5.74, 6) is 0.845. The van der Waals surface area contributed by atoms with E-state index in [1.54, 1.807) is 0 Å². The van der Waals surface area contributed by atoms with Gasteiger partial charge in [-0.25, -0.2) is 4.98 Å². The number of nitrogens with one attached hydrogen (secondary N) is 1. The molecule has 0 radical (unpaired) electrons. The molecule has 3 nitrogen and oxygen atoms in total. The molecule has 0 bridgehead atoms. The van der Waals surface area contributed by atoms with Crippen LogP contribution >= 0.6 is 11.6 Å². The largest absolute Gasteiger partial charge is 0.372 e. The molecule has 0 fully saturated rings. The first kappa shape index (κ1) is 11.0. The summed E-state index contributed by atoms with van der Waals surface area (Å²) >= 11 is 6.15. The smallest absolute Gasteiger partial charge is 0.138 e. The van der Waals surface area contributed by atoms with E-state index in [4.69, 9.17) is 16.3 Å². The first-order chi connectivity index (χ1) is 9.31. The molecule has 0 amide bonds. The van der Waals surface area contributed by atoms with Crippen molar-refractivity contribution in [2.45, 2.75) is 13.2 Å². The molecule has 19 heavy (non-hydrogen) atoms. The van der Waals surface area contributed by atoms with E-state index < -0.39 is 0 Å². The van der Waals surface area contributed by atoms with Crippen LogP contribution in [0.1, 0.15) is 11.1 Å². The second-order valence-corrected chi connectivity index (χ2v) is 5.10. The van der Waals surface area contributed by atoms with Crippen molar-refractivity contribution in [3.8, 4) is 11.4 Å². The molecule has 1 aliphatic heterocycles. The zero-order valence-electron chi connectivity index (χ0n) is 10.1. The number of hydrogen-bond donors (Lipinski definition) is 1. The number of fused-ring (bicyclic) bond motifs is 2. The molecule has 0 unspecified atom stereocenters. The fourth-order valence-electron chi connectivity index (χ4n) is 2.45. The number of aromatic nitrogens is 2. The van der Waals surface area contributed by atoms with Crippen LogP contribution in [0.4, 0.5) is 0 Å². The average molecular weight is 271 g/mol. The predicted molar refractivity (Wildman–Crippen MR) is 75.0 cm³/mol. The number of imidazole rings is 1. The number of H-pyrrole nitrogens is 1. The van der Waals surface area contributed by atoms with E-state index in [1.165, 1.54) is 11.1 Å². The molecule has 4 rings (SSSR count). The maximum Gasteiger partial charge on any atom is 0.138 e. The van der Waals surface area contributed by atoms with Gasteiger partial charge in [-0.2, -0.15) is 0 Å². The lowest BCUT2D eigenvalue weighted by atomic mass is 10.1. The highest BCUT2D eigenvalue weighted by atomic mass is 35.5. The van der Waals surface area contributed by atoms with E-state index in [0.717, 1.165) is 22.4 Å². The topological polar surface area (TPSA) is 37.9 Å². The molecular formula is C15H11ClN2O. The molecule has 1 N–H and O–H groups in total. The highest BCUT2D eigenvalue weighted by molar-refractivity contribution is 6.34. The maximum absolute atomic E-state index is 6.15. The van der Waals surface area contributed by atoms with Crippen LogP contribution in [0.5, 0.6) is 0 Å². The van der Waals surface area contributed by atoms with Crippen LogP contribution in [0.3, 0.4) is 0 Å². The van der Waals surface area contributed by atoms with Crippen molar-refractivity contribution < 1.29 is 4.74 Å². The van der Waals surface area contributed by atoms with Crippen LogP contribution in [-0.2, 0) is 18.0 Å². The molecule has 0 aliphatic carbocycles. The minimum Gasteiger partial charge on any atom is -0.372 e. The van der Waals surface area contributed by atoms with Crippen LogP contribution in [0, 0.1) is 0 Å². The van der Waals surface area contributed by atoms with Gasteiger partial charge in [-0.15, -0.1) is 0 Å². The third kappa shape index (κ3) is 1.74. The van der Waals surface area contributed by atoms with Crippen LogP contribution in [0.15, 0.2) is 36.4 Å². The molecule has 0 spiro atoms. The minimum atomic E-state index is 0.671. The van der Waals surface area contributed by atoms with Gasteiger partial charge in [0.05, 0.1) is 23.8 Å². The van der Waals surface area contributed by atoms with Gasteiger partial charge in [-0.05, 0) is 29.3 Å². The van der Waals surface area contributed by atoms with E-state index >= 15 is 0 Å². The Morgan fingerprint density at radius 3 is 2.89 bits per heavy atom. The van der Waals surface area contributed by atoms with Gasteiger partial charge in [-0.3, -0.25) is 0 Å². The Balaban J connectivity index is 1.88. The van der Waals surface area contributed by atoms with Gasteiger partial charge in [0.2, 0.25) is 0 Å². The van der Waals surface area contributed by atoms with E-state index in [9.17, 15) is 0 Å². The minimum absolute atomic E-state index is 0.671. The van der Waals surface area contributed by atoms with Crippen LogP contribution < -0.4 is 0 Å². The second-order valence-electron chi connectivity index (χ2n) is 4.70. The van der Waals surface area contributed by atoms with Crippen molar-refractivity contribution in [1.82, 2.24) is 9.97 Å². The number of para-hydroxylation sites is 1. The van der Waals surface area contributed by atoms with Crippen molar-refractivity contribution in [3.05, 3.63) is 52.5 Å². The second kappa shape index (κ2) is 4.08. The van der Waals surface area contributed by atoms with Gasteiger partial charge in [0.15, 0.2) is 0 Å². The Labute approximate surface area is 115 Å². The Morgan fingerprint density at radius 1 is 1.11 bits per heavy atom. The van der Waals surface area contributed by atoms with E-state index in [1.807, 2.05) is 18.2 Å². The highest BCUT2D eigenvalue weighted by Gasteiger charge is 2.14. The van der Waals surface area contributed by atoms with Crippen LogP contribution in [0.2, 0.25) is 5.02 Å². The number of benzene rings is 2. The predicted octanol–water partition coefficient (Wildman–Crippen LogP) is 3.91. The van der Waals surface area contributed by atoms with Crippen molar-refractivity contribution >= 4 is 22.6 Å². The molecule has 3 aromatic rings. The zero-order valence-corrected chi connectivity index (χ0v) is 10.9. The summed E-state index contributed by atoms with van der Waals surface area (Å²) in [6.07, 6.45) is 0. The molecular weight excluding hydrogens is 260 g/mol. The van der Waals surface area contributed by atoms with Crippen molar-refractivity contribution in [3.63, 3.8) is 0 Å². The molecule has 2 heterocycles. The molecule has 1 aliphatic rings. The Kier molecular flexibility index (Phi) is 2.37. The fraction of sp³-hybridized carbons (Fsp3) is 0.133. The van der Waals surface area contributed by atoms with Gasteiger partial charge < -0.3 is 9.72 Å². The molecule has 94 valence electrons. The van der Waals surface area contributed by atoms with E-state index in [2.05, 4.69) is 28.2 Å². The van der Waals surface area contributed by atoms with Gasteiger partial charge in [0.1, 0.15) is 11.3 Å². The van der Waals surface area contributed by atoms with Gasteiger partial charge in [0.25, 0.3) is 0 Å². The molecule has 0 saturated heterocycles. The highest BCUT2D eigenvalue weighted by Crippen LogP contribution is 2.28. The normalized spacial score (nSPS) is 13.9. The number of aromatic amines is 1. The zero-order chi connectivity index (χ0) is 12.8. The van der Waals surface area contributed by atoms with Gasteiger partial charge in [-0.1, -0.05) is 29.8 Å².